The zero-order valence-electron chi connectivity index (χ0n) is 15.2. The first-order valence-corrected chi connectivity index (χ1v) is 9.26. The van der Waals surface area contributed by atoms with Crippen molar-refractivity contribution in [3.63, 3.8) is 0 Å². The Hall–Kier alpha value is -1.74. The number of ether oxygens (including phenoxy) is 1. The third kappa shape index (κ3) is 4.70. The number of carbonyl (C=O) groups is 3. The number of rotatable bonds is 7. The molecule has 2 aliphatic heterocycles. The van der Waals surface area contributed by atoms with Crippen molar-refractivity contribution in [1.82, 2.24) is 15.3 Å². The van der Waals surface area contributed by atoms with Gasteiger partial charge in [-0.15, -0.1) is 0 Å². The van der Waals surface area contributed by atoms with Gasteiger partial charge in [0.15, 0.2) is 6.17 Å². The molecule has 26 heavy (non-hydrogen) atoms. The highest BCUT2D eigenvalue weighted by molar-refractivity contribution is 5.92. The zero-order valence-corrected chi connectivity index (χ0v) is 15.2. The van der Waals surface area contributed by atoms with Crippen molar-refractivity contribution in [3.8, 4) is 0 Å². The number of nitrogens with one attached hydrogen (secondary N) is 1. The molecule has 0 aromatic heterocycles. The van der Waals surface area contributed by atoms with Crippen LogP contribution in [0.25, 0.3) is 0 Å². The molecule has 2 saturated heterocycles. The highest BCUT2D eigenvalue weighted by Crippen LogP contribution is 2.26. The summed E-state index contributed by atoms with van der Waals surface area (Å²) in [5.41, 5.74) is 1.28. The van der Waals surface area contributed by atoms with Gasteiger partial charge >= 0.3 is 0 Å². The number of likely N-dealkylation sites (tertiary alicyclic amines) is 1. The van der Waals surface area contributed by atoms with Gasteiger partial charge < -0.3 is 14.5 Å². The molecule has 2 aliphatic rings. The first-order chi connectivity index (χ1) is 12.5. The van der Waals surface area contributed by atoms with Gasteiger partial charge in [0.2, 0.25) is 11.8 Å². The minimum absolute atomic E-state index is 0.143. The number of alkyl halides is 1. The van der Waals surface area contributed by atoms with Gasteiger partial charge in [-0.2, -0.15) is 0 Å². The Morgan fingerprint density at radius 1 is 1.27 bits per heavy atom. The van der Waals surface area contributed by atoms with Gasteiger partial charge in [0, 0.05) is 19.6 Å². The minimum atomic E-state index is -2.14. The monoisotopic (exact) mass is 373 g/mol. The molecule has 0 radical (unpaired) electrons. The van der Waals surface area contributed by atoms with Gasteiger partial charge in [-0.1, -0.05) is 19.8 Å². The van der Waals surface area contributed by atoms with Crippen molar-refractivity contribution < 1.29 is 28.7 Å². The second-order valence-corrected chi connectivity index (χ2v) is 6.75. The summed E-state index contributed by atoms with van der Waals surface area (Å²) in [6.07, 6.45) is 0.568. The molecule has 0 aromatic rings. The molecule has 3 amide bonds. The van der Waals surface area contributed by atoms with E-state index in [2.05, 4.69) is 0 Å². The molecule has 0 saturated carbocycles. The van der Waals surface area contributed by atoms with E-state index in [-0.39, 0.29) is 12.3 Å². The Morgan fingerprint density at radius 2 is 1.96 bits per heavy atom. The number of hydrogen-bond acceptors (Lipinski definition) is 5. The van der Waals surface area contributed by atoms with Crippen LogP contribution < -0.4 is 5.48 Å². The van der Waals surface area contributed by atoms with Crippen LogP contribution >= 0.6 is 0 Å². The standard InChI is InChI=1S/C17H28FN3O5/c1-2-3-5-12(14(18)15(22)19-25)16(23)21-7-4-6-13(21)17(24)20-8-10-26-11-9-20/h12-14,25H,2-11H2,1H3,(H,19,22)/t12?,13-,14?/m0/s1. The van der Waals surface area contributed by atoms with E-state index in [1.54, 1.807) is 4.90 Å². The molecular formula is C17H28FN3O5. The fourth-order valence-electron chi connectivity index (χ4n) is 3.56. The fraction of sp³-hybridized carbons (Fsp3) is 0.824. The fourth-order valence-corrected chi connectivity index (χ4v) is 3.56. The first kappa shape index (κ1) is 20.6. The highest BCUT2D eigenvalue weighted by Gasteiger charge is 2.42. The molecule has 2 unspecified atom stereocenters. The number of nitrogens with zero attached hydrogens (tertiary/aromatic N) is 2. The van der Waals surface area contributed by atoms with Crippen molar-refractivity contribution in [2.75, 3.05) is 32.8 Å². The average Bonchev–Trinajstić information content (AvgIpc) is 3.17. The molecule has 0 aromatic carbocycles. The summed E-state index contributed by atoms with van der Waals surface area (Å²) in [7, 11) is 0. The number of halogens is 1. The van der Waals surface area contributed by atoms with Crippen molar-refractivity contribution in [3.05, 3.63) is 0 Å². The number of carbonyl (C=O) groups excluding carboxylic acids is 3. The second-order valence-electron chi connectivity index (χ2n) is 6.75. The molecule has 2 fully saturated rings. The van der Waals surface area contributed by atoms with Gasteiger partial charge in [-0.05, 0) is 19.3 Å². The first-order valence-electron chi connectivity index (χ1n) is 9.26. The number of amides is 3. The van der Waals surface area contributed by atoms with E-state index in [0.717, 1.165) is 6.42 Å². The lowest BCUT2D eigenvalue weighted by molar-refractivity contribution is -0.152. The summed E-state index contributed by atoms with van der Waals surface area (Å²) in [6.45, 7) is 4.17. The third-order valence-electron chi connectivity index (χ3n) is 5.04. The highest BCUT2D eigenvalue weighted by atomic mass is 19.1. The summed E-state index contributed by atoms with van der Waals surface area (Å²) in [6, 6.07) is -0.617. The van der Waals surface area contributed by atoms with E-state index in [1.807, 2.05) is 6.92 Å². The van der Waals surface area contributed by atoms with Crippen LogP contribution in [0.2, 0.25) is 0 Å². The quantitative estimate of drug-likeness (QED) is 0.500. The molecule has 3 atom stereocenters. The van der Waals surface area contributed by atoms with Crippen LogP contribution in [-0.2, 0) is 19.1 Å². The Morgan fingerprint density at radius 3 is 2.58 bits per heavy atom. The van der Waals surface area contributed by atoms with E-state index >= 15 is 0 Å². The summed E-state index contributed by atoms with van der Waals surface area (Å²) in [4.78, 5) is 40.3. The van der Waals surface area contributed by atoms with E-state index < -0.39 is 29.9 Å². The predicted octanol–water partition coefficient (Wildman–Crippen LogP) is 0.486. The van der Waals surface area contributed by atoms with Crippen LogP contribution in [0.4, 0.5) is 4.39 Å². The predicted molar refractivity (Wildman–Crippen MR) is 90.0 cm³/mol. The Kier molecular flexibility index (Phi) is 7.77. The van der Waals surface area contributed by atoms with E-state index in [9.17, 15) is 18.8 Å². The molecule has 2 N–H and O–H groups in total. The Balaban J connectivity index is 2.11. The lowest BCUT2D eigenvalue weighted by atomic mass is 9.94. The van der Waals surface area contributed by atoms with E-state index in [1.165, 1.54) is 10.4 Å². The number of unbranched alkanes of at least 4 members (excludes halogenated alkanes) is 1. The molecule has 9 heteroatoms. The van der Waals surface area contributed by atoms with Gasteiger partial charge in [-0.3, -0.25) is 19.6 Å². The van der Waals surface area contributed by atoms with Crippen molar-refractivity contribution in [2.45, 2.75) is 51.2 Å². The van der Waals surface area contributed by atoms with Crippen LogP contribution in [0.1, 0.15) is 39.0 Å². The van der Waals surface area contributed by atoms with Crippen molar-refractivity contribution >= 4 is 17.7 Å². The maximum atomic E-state index is 14.4. The summed E-state index contributed by atoms with van der Waals surface area (Å²) in [5.74, 6) is -3.09. The molecule has 148 valence electrons. The summed E-state index contributed by atoms with van der Waals surface area (Å²) < 4.78 is 19.7. The number of hydrogen-bond donors (Lipinski definition) is 2. The van der Waals surface area contributed by atoms with Gasteiger partial charge in [0.25, 0.3) is 5.91 Å². The molecule has 0 bridgehead atoms. The Bertz CT molecular complexity index is 513. The maximum Gasteiger partial charge on any atom is 0.278 e. The van der Waals surface area contributed by atoms with Crippen molar-refractivity contribution in [2.24, 2.45) is 5.92 Å². The normalized spacial score (nSPS) is 22.8. The van der Waals surface area contributed by atoms with Crippen LogP contribution in [-0.4, -0.2) is 77.8 Å². The summed E-state index contributed by atoms with van der Waals surface area (Å²) >= 11 is 0. The van der Waals surface area contributed by atoms with Crippen LogP contribution in [0, 0.1) is 5.92 Å². The largest absolute Gasteiger partial charge is 0.378 e. The smallest absolute Gasteiger partial charge is 0.278 e. The molecule has 0 spiro atoms. The zero-order chi connectivity index (χ0) is 19.1. The molecule has 0 aliphatic carbocycles. The lowest BCUT2D eigenvalue weighted by Gasteiger charge is -2.34. The topological polar surface area (TPSA) is 99.2 Å². The van der Waals surface area contributed by atoms with Gasteiger partial charge in [-0.25, -0.2) is 9.87 Å². The molecule has 2 heterocycles. The van der Waals surface area contributed by atoms with E-state index in [0.29, 0.717) is 52.1 Å². The van der Waals surface area contributed by atoms with Gasteiger partial charge in [0.05, 0.1) is 19.1 Å². The SMILES string of the molecule is CCCCC(C(=O)N1CCC[C@H]1C(=O)N1CCOCC1)C(F)C(=O)NO. The minimum Gasteiger partial charge on any atom is -0.378 e. The van der Waals surface area contributed by atoms with Crippen LogP contribution in [0.15, 0.2) is 0 Å². The summed E-state index contributed by atoms with van der Waals surface area (Å²) in [5, 5.41) is 8.70. The number of hydroxylamine groups is 1. The third-order valence-corrected chi connectivity index (χ3v) is 5.04. The van der Waals surface area contributed by atoms with E-state index in [4.69, 9.17) is 9.94 Å². The molecule has 2 rings (SSSR count). The van der Waals surface area contributed by atoms with Crippen LogP contribution in [0.5, 0.6) is 0 Å². The average molecular weight is 373 g/mol. The molecular weight excluding hydrogens is 345 g/mol. The second kappa shape index (κ2) is 9.82. The Labute approximate surface area is 152 Å². The van der Waals surface area contributed by atoms with Crippen molar-refractivity contribution in [1.29, 1.82) is 0 Å². The maximum absolute atomic E-state index is 14.4. The van der Waals surface area contributed by atoms with Crippen LogP contribution in [0.3, 0.4) is 0 Å². The number of morpholine rings is 1. The lowest BCUT2D eigenvalue weighted by Crippen LogP contribution is -2.53. The van der Waals surface area contributed by atoms with Gasteiger partial charge in [0.1, 0.15) is 6.04 Å². The molecule has 8 nitrogen and oxygen atoms in total.